The first-order valence-electron chi connectivity index (χ1n) is 8.54. The first kappa shape index (κ1) is 17.3. The Morgan fingerprint density at radius 2 is 1.59 bits per heavy atom. The molecule has 3 aromatic rings. The van der Waals surface area contributed by atoms with E-state index in [-0.39, 0.29) is 5.91 Å². The van der Waals surface area contributed by atoms with Gasteiger partial charge >= 0.3 is 5.97 Å². The second-order valence-electron chi connectivity index (χ2n) is 6.26. The number of hydrogen-bond donors (Lipinski definition) is 0. The van der Waals surface area contributed by atoms with Gasteiger partial charge in [0.25, 0.3) is 5.91 Å². The van der Waals surface area contributed by atoms with Crippen molar-refractivity contribution in [3.63, 3.8) is 0 Å². The average molecular weight is 378 g/mol. The van der Waals surface area contributed by atoms with Crippen molar-refractivity contribution < 1.29 is 14.3 Å². The molecule has 134 valence electrons. The standard InChI is InChI=1S/C22H16ClNO3/c23-17-12-10-16(11-13-17)22(26)27-20-18-8-4-5-9-19(18)24(21(20)25)14-15-6-2-1-3-7-15/h1-13,20H,14H2. The highest BCUT2D eigenvalue weighted by Gasteiger charge is 2.39. The van der Waals surface area contributed by atoms with Gasteiger partial charge in [0.1, 0.15) is 0 Å². The number of fused-ring (bicyclic) bond motifs is 1. The number of carbonyl (C=O) groups excluding carboxylic acids is 2. The molecule has 4 nitrogen and oxygen atoms in total. The zero-order valence-corrected chi connectivity index (χ0v) is 15.1. The van der Waals surface area contributed by atoms with Crippen LogP contribution in [0.25, 0.3) is 0 Å². The molecule has 0 bridgehead atoms. The quantitative estimate of drug-likeness (QED) is 0.614. The predicted octanol–water partition coefficient (Wildman–Crippen LogP) is 4.78. The van der Waals surface area contributed by atoms with Crippen LogP contribution in [-0.2, 0) is 16.1 Å². The number of hydrogen-bond acceptors (Lipinski definition) is 3. The molecule has 0 aromatic heterocycles. The van der Waals surface area contributed by atoms with Crippen LogP contribution in [0.15, 0.2) is 78.9 Å². The molecule has 1 atom stereocenters. The molecule has 27 heavy (non-hydrogen) atoms. The lowest BCUT2D eigenvalue weighted by Gasteiger charge is -2.18. The zero-order valence-electron chi connectivity index (χ0n) is 14.3. The Morgan fingerprint density at radius 1 is 0.926 bits per heavy atom. The maximum absolute atomic E-state index is 13.0. The Labute approximate surface area is 161 Å². The second-order valence-corrected chi connectivity index (χ2v) is 6.70. The van der Waals surface area contributed by atoms with Gasteiger partial charge in [-0.3, -0.25) is 4.79 Å². The first-order valence-corrected chi connectivity index (χ1v) is 8.92. The summed E-state index contributed by atoms with van der Waals surface area (Å²) in [5.74, 6) is -0.802. The summed E-state index contributed by atoms with van der Waals surface area (Å²) >= 11 is 5.86. The van der Waals surface area contributed by atoms with Crippen LogP contribution in [0, 0.1) is 0 Å². The van der Waals surface area contributed by atoms with Crippen molar-refractivity contribution in [1.29, 1.82) is 0 Å². The van der Waals surface area contributed by atoms with Crippen molar-refractivity contribution in [1.82, 2.24) is 0 Å². The number of anilines is 1. The minimum absolute atomic E-state index is 0.248. The molecule has 0 saturated heterocycles. The van der Waals surface area contributed by atoms with Crippen LogP contribution in [0.3, 0.4) is 0 Å². The number of nitrogens with zero attached hydrogens (tertiary/aromatic N) is 1. The molecular weight excluding hydrogens is 362 g/mol. The monoisotopic (exact) mass is 377 g/mol. The third-order valence-electron chi connectivity index (χ3n) is 4.49. The van der Waals surface area contributed by atoms with Gasteiger partial charge in [-0.1, -0.05) is 60.1 Å². The molecule has 1 amide bonds. The van der Waals surface area contributed by atoms with Gasteiger partial charge in [0.2, 0.25) is 6.10 Å². The molecule has 1 heterocycles. The van der Waals surface area contributed by atoms with Gasteiger partial charge in [-0.25, -0.2) is 4.79 Å². The molecular formula is C22H16ClNO3. The summed E-state index contributed by atoms with van der Waals surface area (Å²) < 4.78 is 5.57. The summed E-state index contributed by atoms with van der Waals surface area (Å²) in [5, 5.41) is 0.530. The van der Waals surface area contributed by atoms with Crippen LogP contribution in [0.1, 0.15) is 27.6 Å². The minimum atomic E-state index is -0.951. The van der Waals surface area contributed by atoms with Crippen LogP contribution in [0.5, 0.6) is 0 Å². The highest BCUT2D eigenvalue weighted by atomic mass is 35.5. The summed E-state index contributed by atoms with van der Waals surface area (Å²) in [6.45, 7) is 0.422. The van der Waals surface area contributed by atoms with Gasteiger partial charge < -0.3 is 9.64 Å². The average Bonchev–Trinajstić information content (AvgIpc) is 2.95. The van der Waals surface area contributed by atoms with Gasteiger partial charge in [-0.15, -0.1) is 0 Å². The lowest BCUT2D eigenvalue weighted by molar-refractivity contribution is -0.126. The van der Waals surface area contributed by atoms with Crippen LogP contribution < -0.4 is 4.90 Å². The lowest BCUT2D eigenvalue weighted by atomic mass is 10.1. The van der Waals surface area contributed by atoms with E-state index < -0.39 is 12.1 Å². The predicted molar refractivity (Wildman–Crippen MR) is 104 cm³/mol. The van der Waals surface area contributed by atoms with Crippen molar-refractivity contribution in [2.45, 2.75) is 12.6 Å². The molecule has 1 aliphatic heterocycles. The van der Waals surface area contributed by atoms with E-state index in [9.17, 15) is 9.59 Å². The Morgan fingerprint density at radius 3 is 2.33 bits per heavy atom. The SMILES string of the molecule is O=C(OC1C(=O)N(Cc2ccccc2)c2ccccc21)c1ccc(Cl)cc1. The van der Waals surface area contributed by atoms with Crippen molar-refractivity contribution >= 4 is 29.2 Å². The zero-order chi connectivity index (χ0) is 18.8. The third-order valence-corrected chi connectivity index (χ3v) is 4.74. The maximum atomic E-state index is 13.0. The van der Waals surface area contributed by atoms with Crippen LogP contribution in [0.2, 0.25) is 5.02 Å². The maximum Gasteiger partial charge on any atom is 0.339 e. The second kappa shape index (κ2) is 7.25. The summed E-state index contributed by atoms with van der Waals surface area (Å²) in [4.78, 5) is 27.2. The van der Waals surface area contributed by atoms with Crippen LogP contribution in [0.4, 0.5) is 5.69 Å². The Balaban J connectivity index is 1.61. The van der Waals surface area contributed by atoms with E-state index in [4.69, 9.17) is 16.3 Å². The Bertz CT molecular complexity index is 986. The van der Waals surface area contributed by atoms with Crippen molar-refractivity contribution in [2.24, 2.45) is 0 Å². The fourth-order valence-corrected chi connectivity index (χ4v) is 3.28. The largest absolute Gasteiger partial charge is 0.444 e. The highest BCUT2D eigenvalue weighted by molar-refractivity contribution is 6.30. The van der Waals surface area contributed by atoms with E-state index in [0.29, 0.717) is 22.7 Å². The molecule has 3 aromatic carbocycles. The fraction of sp³-hybridized carbons (Fsp3) is 0.0909. The Kier molecular flexibility index (Phi) is 4.65. The van der Waals surface area contributed by atoms with Gasteiger partial charge in [-0.2, -0.15) is 0 Å². The minimum Gasteiger partial charge on any atom is -0.444 e. The van der Waals surface area contributed by atoms with Crippen LogP contribution in [-0.4, -0.2) is 11.9 Å². The van der Waals surface area contributed by atoms with Crippen molar-refractivity contribution in [3.05, 3.63) is 101 Å². The van der Waals surface area contributed by atoms with Gasteiger partial charge in [0.15, 0.2) is 0 Å². The molecule has 5 heteroatoms. The number of benzene rings is 3. The molecule has 0 saturated carbocycles. The van der Waals surface area contributed by atoms with E-state index >= 15 is 0 Å². The number of carbonyl (C=O) groups is 2. The topological polar surface area (TPSA) is 46.6 Å². The normalized spacial score (nSPS) is 15.5. The molecule has 0 aliphatic carbocycles. The molecule has 1 aliphatic rings. The number of amides is 1. The third kappa shape index (κ3) is 3.44. The molecule has 0 fully saturated rings. The summed E-state index contributed by atoms with van der Waals surface area (Å²) in [5.41, 5.74) is 2.82. The highest BCUT2D eigenvalue weighted by Crippen LogP contribution is 2.39. The number of halogens is 1. The van der Waals surface area contributed by atoms with Crippen molar-refractivity contribution in [3.8, 4) is 0 Å². The first-order chi connectivity index (χ1) is 13.1. The van der Waals surface area contributed by atoms with Gasteiger partial charge in [-0.05, 0) is 35.9 Å². The number of ether oxygens (including phenoxy) is 1. The molecule has 0 spiro atoms. The summed E-state index contributed by atoms with van der Waals surface area (Å²) in [6.07, 6.45) is -0.951. The van der Waals surface area contributed by atoms with E-state index in [1.165, 1.54) is 0 Å². The number of esters is 1. The van der Waals surface area contributed by atoms with E-state index in [1.54, 1.807) is 29.2 Å². The van der Waals surface area contributed by atoms with Crippen LogP contribution >= 0.6 is 11.6 Å². The Hall–Kier alpha value is -3.11. The molecule has 0 radical (unpaired) electrons. The van der Waals surface area contributed by atoms with Gasteiger partial charge in [0, 0.05) is 10.6 Å². The number of rotatable bonds is 4. The fourth-order valence-electron chi connectivity index (χ4n) is 3.15. The summed E-state index contributed by atoms with van der Waals surface area (Å²) in [7, 11) is 0. The van der Waals surface area contributed by atoms with E-state index in [0.717, 1.165) is 11.3 Å². The van der Waals surface area contributed by atoms with Crippen molar-refractivity contribution in [2.75, 3.05) is 4.90 Å². The van der Waals surface area contributed by atoms with E-state index in [1.807, 2.05) is 54.6 Å². The lowest BCUT2D eigenvalue weighted by Crippen LogP contribution is -2.30. The molecule has 4 rings (SSSR count). The molecule has 1 unspecified atom stereocenters. The summed E-state index contributed by atoms with van der Waals surface area (Å²) in [6, 6.07) is 23.5. The molecule has 0 N–H and O–H groups in total. The number of para-hydroxylation sites is 1. The van der Waals surface area contributed by atoms with Gasteiger partial charge in [0.05, 0.1) is 17.8 Å². The smallest absolute Gasteiger partial charge is 0.339 e. The van der Waals surface area contributed by atoms with E-state index in [2.05, 4.69) is 0 Å².